The smallest absolute Gasteiger partial charge is 0.224 e. The van der Waals surface area contributed by atoms with Gasteiger partial charge in [0, 0.05) is 44.5 Å². The number of carbonyl (C=O) groups excluding carboxylic acids is 1. The summed E-state index contributed by atoms with van der Waals surface area (Å²) in [6.45, 7) is 3.31. The molecular weight excluding hydrogens is 374 g/mol. The Kier molecular flexibility index (Phi) is 6.04. The van der Waals surface area contributed by atoms with Crippen LogP contribution in [-0.4, -0.2) is 60.6 Å². The molecule has 1 amide bonds. The van der Waals surface area contributed by atoms with E-state index in [0.29, 0.717) is 6.54 Å². The summed E-state index contributed by atoms with van der Waals surface area (Å²) in [5, 5.41) is 3.09. The van der Waals surface area contributed by atoms with E-state index in [1.807, 2.05) is 32.3 Å². The number of nitrogens with one attached hydrogen (secondary N) is 1. The first-order chi connectivity index (χ1) is 14.5. The number of fused-ring (bicyclic) bond motifs is 1. The van der Waals surface area contributed by atoms with E-state index < -0.39 is 0 Å². The number of hydrogen-bond donors (Lipinski definition) is 1. The third kappa shape index (κ3) is 4.33. The molecular formula is C24H31N5O. The van der Waals surface area contributed by atoms with Gasteiger partial charge < -0.3 is 19.7 Å². The van der Waals surface area contributed by atoms with E-state index in [9.17, 15) is 4.79 Å². The molecule has 2 aromatic carbocycles. The molecule has 1 fully saturated rings. The van der Waals surface area contributed by atoms with E-state index in [1.165, 1.54) is 0 Å². The van der Waals surface area contributed by atoms with Crippen LogP contribution in [0.3, 0.4) is 0 Å². The quantitative estimate of drug-likeness (QED) is 0.685. The predicted octanol–water partition coefficient (Wildman–Crippen LogP) is 3.13. The van der Waals surface area contributed by atoms with Gasteiger partial charge in [0.2, 0.25) is 5.91 Å². The van der Waals surface area contributed by atoms with Crippen molar-refractivity contribution in [2.24, 2.45) is 13.0 Å². The number of amides is 1. The Morgan fingerprint density at radius 1 is 1.20 bits per heavy atom. The van der Waals surface area contributed by atoms with E-state index >= 15 is 0 Å². The Labute approximate surface area is 178 Å². The number of imidazole rings is 1. The summed E-state index contributed by atoms with van der Waals surface area (Å²) in [7, 11) is 6.10. The number of carbonyl (C=O) groups is 1. The van der Waals surface area contributed by atoms with Crippen LogP contribution in [0.5, 0.6) is 0 Å². The van der Waals surface area contributed by atoms with Crippen molar-refractivity contribution in [3.63, 3.8) is 0 Å². The van der Waals surface area contributed by atoms with Gasteiger partial charge in [0.15, 0.2) is 0 Å². The van der Waals surface area contributed by atoms with Gasteiger partial charge in [-0.25, -0.2) is 4.98 Å². The number of piperidine rings is 1. The highest BCUT2D eigenvalue weighted by Crippen LogP contribution is 2.29. The summed E-state index contributed by atoms with van der Waals surface area (Å²) >= 11 is 0. The third-order valence-electron chi connectivity index (χ3n) is 5.91. The molecule has 30 heavy (non-hydrogen) atoms. The van der Waals surface area contributed by atoms with Gasteiger partial charge in [0.1, 0.15) is 5.82 Å². The van der Waals surface area contributed by atoms with Crippen LogP contribution < -0.4 is 10.2 Å². The standard InChI is InChI=1S/C24H31N5O/c1-27(2)15-13-25-24(30)19-9-7-14-29(17-19)20-10-6-8-18(16-20)23-26-21-11-4-5-12-22(21)28(23)3/h4-6,8,10-12,16,19H,7,9,13-15,17H2,1-3H3,(H,25,30)/t19-/m0/s1. The number of benzene rings is 2. The molecule has 1 aliphatic rings. The minimum atomic E-state index is 0.0420. The van der Waals surface area contributed by atoms with Crippen molar-refractivity contribution in [3.05, 3.63) is 48.5 Å². The topological polar surface area (TPSA) is 53.4 Å². The molecule has 1 saturated heterocycles. The Morgan fingerprint density at radius 3 is 2.83 bits per heavy atom. The summed E-state index contributed by atoms with van der Waals surface area (Å²) in [5.74, 6) is 1.18. The predicted molar refractivity (Wildman–Crippen MR) is 123 cm³/mol. The molecule has 0 aliphatic carbocycles. The average Bonchev–Trinajstić information content (AvgIpc) is 3.10. The molecule has 1 aliphatic heterocycles. The molecule has 1 atom stereocenters. The fourth-order valence-corrected chi connectivity index (χ4v) is 4.22. The second-order valence-electron chi connectivity index (χ2n) is 8.41. The molecule has 0 bridgehead atoms. The molecule has 4 rings (SSSR count). The number of aromatic nitrogens is 2. The van der Waals surface area contributed by atoms with Crippen molar-refractivity contribution >= 4 is 22.6 Å². The van der Waals surface area contributed by atoms with Crippen LogP contribution >= 0.6 is 0 Å². The van der Waals surface area contributed by atoms with E-state index in [-0.39, 0.29) is 11.8 Å². The van der Waals surface area contributed by atoms with E-state index in [0.717, 1.165) is 60.6 Å². The maximum absolute atomic E-state index is 12.6. The van der Waals surface area contributed by atoms with E-state index in [1.54, 1.807) is 0 Å². The molecule has 0 spiro atoms. The highest BCUT2D eigenvalue weighted by Gasteiger charge is 2.26. The van der Waals surface area contributed by atoms with Crippen LogP contribution in [0, 0.1) is 5.92 Å². The van der Waals surface area contributed by atoms with Crippen molar-refractivity contribution in [3.8, 4) is 11.4 Å². The van der Waals surface area contributed by atoms with E-state index in [2.05, 4.69) is 57.1 Å². The van der Waals surface area contributed by atoms with Gasteiger partial charge in [-0.05, 0) is 51.2 Å². The van der Waals surface area contributed by atoms with Crippen molar-refractivity contribution in [1.29, 1.82) is 0 Å². The molecule has 6 nitrogen and oxygen atoms in total. The van der Waals surface area contributed by atoms with Gasteiger partial charge in [-0.3, -0.25) is 4.79 Å². The first-order valence-electron chi connectivity index (χ1n) is 10.7. The third-order valence-corrected chi connectivity index (χ3v) is 5.91. The Balaban J connectivity index is 1.50. The number of hydrogen-bond acceptors (Lipinski definition) is 4. The zero-order valence-corrected chi connectivity index (χ0v) is 18.1. The molecule has 2 heterocycles. The first kappa shape index (κ1) is 20.4. The van der Waals surface area contributed by atoms with E-state index in [4.69, 9.17) is 4.98 Å². The fraction of sp³-hybridized carbons (Fsp3) is 0.417. The largest absolute Gasteiger partial charge is 0.371 e. The molecule has 1 N–H and O–H groups in total. The van der Waals surface area contributed by atoms with Crippen molar-refractivity contribution < 1.29 is 4.79 Å². The molecule has 1 aromatic heterocycles. The van der Waals surface area contributed by atoms with Crippen LogP contribution in [0.4, 0.5) is 5.69 Å². The van der Waals surface area contributed by atoms with Gasteiger partial charge in [-0.2, -0.15) is 0 Å². The van der Waals surface area contributed by atoms with Crippen LogP contribution in [0.2, 0.25) is 0 Å². The molecule has 3 aromatic rings. The van der Waals surface area contributed by atoms with Crippen LogP contribution in [-0.2, 0) is 11.8 Å². The Morgan fingerprint density at radius 2 is 2.03 bits per heavy atom. The number of aryl methyl sites for hydroxylation is 1. The number of para-hydroxylation sites is 2. The minimum absolute atomic E-state index is 0.0420. The van der Waals surface area contributed by atoms with Crippen molar-refractivity contribution in [2.75, 3.05) is 45.2 Å². The lowest BCUT2D eigenvalue weighted by Gasteiger charge is -2.34. The summed E-state index contributed by atoms with van der Waals surface area (Å²) in [5.41, 5.74) is 4.40. The minimum Gasteiger partial charge on any atom is -0.371 e. The molecule has 6 heteroatoms. The fourth-order valence-electron chi connectivity index (χ4n) is 4.22. The Bertz CT molecular complexity index is 1030. The highest BCUT2D eigenvalue weighted by atomic mass is 16.1. The van der Waals surface area contributed by atoms with Crippen molar-refractivity contribution in [2.45, 2.75) is 12.8 Å². The zero-order chi connectivity index (χ0) is 21.1. The summed E-state index contributed by atoms with van der Waals surface area (Å²) in [6, 6.07) is 16.7. The van der Waals surface area contributed by atoms with Crippen molar-refractivity contribution in [1.82, 2.24) is 19.8 Å². The zero-order valence-electron chi connectivity index (χ0n) is 18.1. The van der Waals surface area contributed by atoms with Crippen LogP contribution in [0.25, 0.3) is 22.4 Å². The molecule has 0 radical (unpaired) electrons. The normalized spacial score (nSPS) is 16.9. The van der Waals surface area contributed by atoms with Gasteiger partial charge in [0.25, 0.3) is 0 Å². The monoisotopic (exact) mass is 405 g/mol. The molecule has 158 valence electrons. The van der Waals surface area contributed by atoms with Crippen LogP contribution in [0.15, 0.2) is 48.5 Å². The molecule has 0 unspecified atom stereocenters. The van der Waals surface area contributed by atoms with Crippen LogP contribution in [0.1, 0.15) is 12.8 Å². The Hall–Kier alpha value is -2.86. The number of nitrogens with zero attached hydrogens (tertiary/aromatic N) is 4. The summed E-state index contributed by atoms with van der Waals surface area (Å²) in [6.07, 6.45) is 1.98. The lowest BCUT2D eigenvalue weighted by Crippen LogP contribution is -2.44. The maximum Gasteiger partial charge on any atom is 0.224 e. The number of rotatable bonds is 6. The van der Waals surface area contributed by atoms with Gasteiger partial charge in [-0.1, -0.05) is 24.3 Å². The molecule has 0 saturated carbocycles. The first-order valence-corrected chi connectivity index (χ1v) is 10.7. The van der Waals surface area contributed by atoms with Gasteiger partial charge >= 0.3 is 0 Å². The van der Waals surface area contributed by atoms with Gasteiger partial charge in [0.05, 0.1) is 17.0 Å². The number of likely N-dealkylation sites (N-methyl/N-ethyl adjacent to an activating group) is 1. The second kappa shape index (κ2) is 8.88. The summed E-state index contributed by atoms with van der Waals surface area (Å²) < 4.78 is 2.14. The summed E-state index contributed by atoms with van der Waals surface area (Å²) in [4.78, 5) is 21.9. The highest BCUT2D eigenvalue weighted by molar-refractivity contribution is 5.81. The second-order valence-corrected chi connectivity index (χ2v) is 8.41. The number of anilines is 1. The lowest BCUT2D eigenvalue weighted by molar-refractivity contribution is -0.125. The van der Waals surface area contributed by atoms with Gasteiger partial charge in [-0.15, -0.1) is 0 Å². The SMILES string of the molecule is CN(C)CCNC(=O)[C@H]1CCCN(c2cccc(-c3nc4ccccc4n3C)c2)C1. The maximum atomic E-state index is 12.6. The lowest BCUT2D eigenvalue weighted by atomic mass is 9.96. The average molecular weight is 406 g/mol.